The molecule has 0 saturated carbocycles. The van der Waals surface area contributed by atoms with Gasteiger partial charge in [0.25, 0.3) is 0 Å². The molecule has 0 bridgehead atoms. The molecule has 9 nitrogen and oxygen atoms in total. The average molecular weight is 614 g/mol. The summed E-state index contributed by atoms with van der Waals surface area (Å²) < 4.78 is 49.8. The van der Waals surface area contributed by atoms with E-state index >= 15 is 0 Å². The molecular weight excluding hydrogens is 590 g/mol. The van der Waals surface area contributed by atoms with Crippen LogP contribution in [0.2, 0.25) is 0 Å². The van der Waals surface area contributed by atoms with Crippen molar-refractivity contribution in [3.8, 4) is 11.6 Å². The van der Waals surface area contributed by atoms with E-state index in [4.69, 9.17) is 4.74 Å². The zero-order chi connectivity index (χ0) is 25.5. The number of carbonyl (C=O) groups excluding carboxylic acids is 1. The molecule has 1 fully saturated rings. The molecule has 3 aromatic rings. The third-order valence-electron chi connectivity index (χ3n) is 5.10. The fourth-order valence-corrected chi connectivity index (χ4v) is 5.66. The number of rotatable bonds is 7. The molecule has 1 saturated heterocycles. The number of nitrogens with zero attached hydrogens (tertiary/aromatic N) is 3. The normalized spacial score (nSPS) is 14.4. The van der Waals surface area contributed by atoms with Crippen LogP contribution in [0.25, 0.3) is 0 Å². The van der Waals surface area contributed by atoms with Crippen LogP contribution in [0.5, 0.6) is 11.6 Å². The van der Waals surface area contributed by atoms with Crippen molar-refractivity contribution in [2.45, 2.75) is 12.7 Å². The minimum Gasteiger partial charge on any atom is -0.219 e. The molecule has 1 aromatic heterocycles. The first-order valence-electron chi connectivity index (χ1n) is 10.9. The van der Waals surface area contributed by atoms with E-state index in [1.807, 2.05) is 0 Å². The molecule has 2 amide bonds. The maximum atomic E-state index is 13.7. The number of urea groups is 1. The summed E-state index contributed by atoms with van der Waals surface area (Å²) in [5.41, 5.74) is -0.0388. The number of aromatic nitrogens is 2. The molecular formula is C23H24F3IN7O2-. The summed E-state index contributed by atoms with van der Waals surface area (Å²) >= 11 is -0.341. The molecule has 192 valence electrons. The van der Waals surface area contributed by atoms with Gasteiger partial charge in [0.2, 0.25) is 5.88 Å². The predicted octanol–water partition coefficient (Wildman–Crippen LogP) is 1.34. The van der Waals surface area contributed by atoms with Gasteiger partial charge in [-0.2, -0.15) is 0 Å². The first-order chi connectivity index (χ1) is 17.3. The van der Waals surface area contributed by atoms with Gasteiger partial charge >= 0.3 is 160 Å². The summed E-state index contributed by atoms with van der Waals surface area (Å²) in [7, 11) is 1.73. The van der Waals surface area contributed by atoms with Crippen LogP contribution < -0.4 is 47.5 Å². The van der Waals surface area contributed by atoms with Gasteiger partial charge in [-0.3, -0.25) is 0 Å². The van der Waals surface area contributed by atoms with Gasteiger partial charge in [-0.15, -0.1) is 0 Å². The van der Waals surface area contributed by atoms with Gasteiger partial charge in [-0.1, -0.05) is 0 Å². The van der Waals surface area contributed by atoms with E-state index < -0.39 is 17.8 Å². The minimum absolute atomic E-state index is 0.0580. The Morgan fingerprint density at radius 2 is 1.86 bits per heavy atom. The van der Waals surface area contributed by atoms with Crippen molar-refractivity contribution in [1.82, 2.24) is 18.4 Å². The van der Waals surface area contributed by atoms with Gasteiger partial charge in [0, 0.05) is 13.1 Å². The summed E-state index contributed by atoms with van der Waals surface area (Å²) in [6.07, 6.45) is -3.16. The van der Waals surface area contributed by atoms with Crippen molar-refractivity contribution in [1.29, 1.82) is 0 Å². The Morgan fingerprint density at radius 1 is 1.11 bits per heavy atom. The number of alkyl halides is 4. The van der Waals surface area contributed by atoms with Crippen LogP contribution in [-0.2, 0) is 12.7 Å². The standard InChI is InChI=1S/C23H24F3IN7O2/c1-28-20-11-21(31-14-30-20)36-18-6-4-16(5-7-18)32-22(35)33-17-3-2-15(19(10-17)23(24,25)26)12-34-9-8-29-13-27-34/h2-7,10-11,14,29H,8-9,12-13H2,1H3,(H,28,30,31)(H2,32,33,35)/q-1. The SMILES string of the molecule is CNc1cc(Oc2ccc(NC(=O)Nc3ccc(CN4CCNC[I-]4)c(C(F)(F)F)c3)cc2)ncn1. The van der Waals surface area contributed by atoms with Gasteiger partial charge < -0.3 is 10.1 Å². The van der Waals surface area contributed by atoms with Crippen molar-refractivity contribution in [3.05, 3.63) is 66.0 Å². The molecule has 1 aliphatic heterocycles. The van der Waals surface area contributed by atoms with Crippen molar-refractivity contribution in [3.63, 3.8) is 0 Å². The number of nitrogens with one attached hydrogen (secondary N) is 4. The Hall–Kier alpha value is -3.17. The third-order valence-corrected chi connectivity index (χ3v) is 7.77. The molecule has 1 aliphatic rings. The Labute approximate surface area is 216 Å². The summed E-state index contributed by atoms with van der Waals surface area (Å²) in [5, 5.41) is 11.2. The second-order valence-corrected chi connectivity index (χ2v) is 10.5. The zero-order valence-corrected chi connectivity index (χ0v) is 21.4. The monoisotopic (exact) mass is 614 g/mol. The molecule has 36 heavy (non-hydrogen) atoms. The van der Waals surface area contributed by atoms with Crippen LogP contribution in [0.3, 0.4) is 0 Å². The number of halogens is 4. The Morgan fingerprint density at radius 3 is 2.56 bits per heavy atom. The average Bonchev–Trinajstić information content (AvgIpc) is 2.86. The third kappa shape index (κ3) is 7.18. The van der Waals surface area contributed by atoms with Crippen LogP contribution >= 0.6 is 0 Å². The summed E-state index contributed by atoms with van der Waals surface area (Å²) in [6.45, 7) is 1.74. The van der Waals surface area contributed by atoms with E-state index in [1.165, 1.54) is 18.5 Å². The van der Waals surface area contributed by atoms with E-state index in [0.717, 1.165) is 23.7 Å². The van der Waals surface area contributed by atoms with Crippen molar-refractivity contribution < 1.29 is 44.2 Å². The molecule has 0 unspecified atom stereocenters. The second-order valence-electron chi connectivity index (χ2n) is 7.66. The molecule has 4 N–H and O–H groups in total. The number of amides is 2. The van der Waals surface area contributed by atoms with Gasteiger partial charge in [-0.25, -0.2) is 9.97 Å². The number of benzene rings is 2. The summed E-state index contributed by atoms with van der Waals surface area (Å²) in [6, 6.07) is 11.3. The smallest absolute Gasteiger partial charge is 0.219 e. The summed E-state index contributed by atoms with van der Waals surface area (Å²) in [4.78, 5) is 20.5. The Bertz CT molecular complexity index is 1190. The van der Waals surface area contributed by atoms with Crippen molar-refractivity contribution in [2.75, 3.05) is 40.6 Å². The molecule has 0 aliphatic carbocycles. The molecule has 0 radical (unpaired) electrons. The molecule has 2 aromatic carbocycles. The first-order valence-corrected chi connectivity index (χ1v) is 13.4. The fourth-order valence-electron chi connectivity index (χ4n) is 3.37. The van der Waals surface area contributed by atoms with E-state index in [0.29, 0.717) is 23.1 Å². The molecule has 0 spiro atoms. The quantitative estimate of drug-likeness (QED) is 0.138. The van der Waals surface area contributed by atoms with E-state index in [2.05, 4.69) is 34.3 Å². The molecule has 4 rings (SSSR count). The van der Waals surface area contributed by atoms with Gasteiger partial charge in [0.15, 0.2) is 0 Å². The maximum absolute atomic E-state index is 13.7. The Kier molecular flexibility index (Phi) is 8.43. The van der Waals surface area contributed by atoms with Crippen molar-refractivity contribution in [2.24, 2.45) is 0 Å². The van der Waals surface area contributed by atoms with E-state index in [1.54, 1.807) is 37.4 Å². The van der Waals surface area contributed by atoms with Crippen LogP contribution in [0.4, 0.5) is 35.2 Å². The van der Waals surface area contributed by atoms with Gasteiger partial charge in [0.1, 0.15) is 17.9 Å². The molecule has 0 atom stereocenters. The number of hydrogen-bond acceptors (Lipinski definition) is 7. The number of carbonyl (C=O) groups is 1. The van der Waals surface area contributed by atoms with Crippen LogP contribution in [0.15, 0.2) is 54.9 Å². The van der Waals surface area contributed by atoms with Gasteiger partial charge in [0.05, 0.1) is 0 Å². The van der Waals surface area contributed by atoms with Crippen molar-refractivity contribution >= 4 is 23.2 Å². The zero-order valence-electron chi connectivity index (χ0n) is 19.2. The first kappa shape index (κ1) is 25.9. The topological polar surface area (TPSA) is 103 Å². The fraction of sp³-hybridized carbons (Fsp3) is 0.261. The molecule has 13 heteroatoms. The van der Waals surface area contributed by atoms with Crippen LogP contribution in [0.1, 0.15) is 11.1 Å². The summed E-state index contributed by atoms with van der Waals surface area (Å²) in [5.74, 6) is 1.43. The second kappa shape index (κ2) is 11.7. The van der Waals surface area contributed by atoms with Crippen LogP contribution in [-0.4, -0.2) is 43.8 Å². The minimum atomic E-state index is -4.52. The molecule has 2 heterocycles. The number of anilines is 3. The van der Waals surface area contributed by atoms with E-state index in [9.17, 15) is 18.0 Å². The van der Waals surface area contributed by atoms with Crippen LogP contribution in [0, 0.1) is 0 Å². The number of hydrogen-bond donors (Lipinski definition) is 4. The van der Waals surface area contributed by atoms with Gasteiger partial charge in [-0.05, 0) is 0 Å². The number of ether oxygens (including phenoxy) is 1. The Balaban J connectivity index is 1.38. The van der Waals surface area contributed by atoms with E-state index in [-0.39, 0.29) is 39.3 Å². The predicted molar refractivity (Wildman–Crippen MR) is 125 cm³/mol.